The SMILES string of the molecule is Cc1cccc(CSc2cccc(CNC(C)(C)C)c2)n1. The molecule has 2 rings (SSSR count). The first-order valence-corrected chi connectivity index (χ1v) is 8.30. The van der Waals surface area contributed by atoms with Gasteiger partial charge in [0.1, 0.15) is 0 Å². The van der Waals surface area contributed by atoms with Gasteiger partial charge in [0.2, 0.25) is 0 Å². The number of thioether (sulfide) groups is 1. The van der Waals surface area contributed by atoms with Crippen LogP contribution < -0.4 is 5.32 Å². The van der Waals surface area contributed by atoms with Gasteiger partial charge >= 0.3 is 0 Å². The van der Waals surface area contributed by atoms with E-state index in [0.717, 1.165) is 23.7 Å². The fourth-order valence-electron chi connectivity index (χ4n) is 1.95. The largest absolute Gasteiger partial charge is 0.308 e. The van der Waals surface area contributed by atoms with E-state index in [-0.39, 0.29) is 5.54 Å². The van der Waals surface area contributed by atoms with Crippen LogP contribution in [0.3, 0.4) is 0 Å². The van der Waals surface area contributed by atoms with Crippen molar-refractivity contribution in [2.45, 2.75) is 50.4 Å². The highest BCUT2D eigenvalue weighted by molar-refractivity contribution is 7.98. The fraction of sp³-hybridized carbons (Fsp3) is 0.389. The molecule has 0 saturated heterocycles. The van der Waals surface area contributed by atoms with Gasteiger partial charge in [-0.15, -0.1) is 11.8 Å². The zero-order valence-electron chi connectivity index (χ0n) is 13.3. The highest BCUT2D eigenvalue weighted by atomic mass is 32.2. The summed E-state index contributed by atoms with van der Waals surface area (Å²) in [7, 11) is 0. The molecule has 2 aromatic rings. The predicted octanol–water partition coefficient (Wildman–Crippen LogP) is 4.57. The monoisotopic (exact) mass is 300 g/mol. The Hall–Kier alpha value is -1.32. The molecule has 1 aromatic heterocycles. The molecule has 0 radical (unpaired) electrons. The lowest BCUT2D eigenvalue weighted by atomic mass is 10.1. The minimum absolute atomic E-state index is 0.147. The highest BCUT2D eigenvalue weighted by Crippen LogP contribution is 2.23. The van der Waals surface area contributed by atoms with E-state index in [2.05, 4.69) is 67.5 Å². The van der Waals surface area contributed by atoms with Crippen LogP contribution in [0.4, 0.5) is 0 Å². The van der Waals surface area contributed by atoms with Gasteiger partial charge in [0.15, 0.2) is 0 Å². The Morgan fingerprint density at radius 1 is 1.10 bits per heavy atom. The Morgan fingerprint density at radius 2 is 1.86 bits per heavy atom. The van der Waals surface area contributed by atoms with Gasteiger partial charge in [-0.1, -0.05) is 18.2 Å². The molecule has 1 aromatic carbocycles. The molecule has 1 N–H and O–H groups in total. The van der Waals surface area contributed by atoms with E-state index in [0.29, 0.717) is 0 Å². The first kappa shape index (κ1) is 16.1. The molecule has 0 aliphatic carbocycles. The van der Waals surface area contributed by atoms with E-state index in [4.69, 9.17) is 0 Å². The van der Waals surface area contributed by atoms with E-state index in [1.54, 1.807) is 0 Å². The number of aryl methyl sites for hydroxylation is 1. The molecule has 3 heteroatoms. The molecule has 0 fully saturated rings. The normalized spacial score (nSPS) is 11.6. The highest BCUT2D eigenvalue weighted by Gasteiger charge is 2.08. The average Bonchev–Trinajstić information content (AvgIpc) is 2.43. The lowest BCUT2D eigenvalue weighted by Crippen LogP contribution is -2.35. The lowest BCUT2D eigenvalue weighted by molar-refractivity contribution is 0.424. The second-order valence-electron chi connectivity index (χ2n) is 6.31. The Labute approximate surface area is 132 Å². The molecule has 112 valence electrons. The summed E-state index contributed by atoms with van der Waals surface area (Å²) < 4.78 is 0. The van der Waals surface area contributed by atoms with Crippen molar-refractivity contribution >= 4 is 11.8 Å². The summed E-state index contributed by atoms with van der Waals surface area (Å²) in [5.74, 6) is 0.915. The number of nitrogens with zero attached hydrogens (tertiary/aromatic N) is 1. The Balaban J connectivity index is 1.95. The summed E-state index contributed by atoms with van der Waals surface area (Å²) in [4.78, 5) is 5.84. The van der Waals surface area contributed by atoms with Gasteiger partial charge in [0.25, 0.3) is 0 Å². The van der Waals surface area contributed by atoms with Gasteiger partial charge in [0.05, 0.1) is 5.69 Å². The van der Waals surface area contributed by atoms with Crippen LogP contribution in [0.15, 0.2) is 47.4 Å². The van der Waals surface area contributed by atoms with Crippen molar-refractivity contribution in [2.24, 2.45) is 0 Å². The average molecular weight is 300 g/mol. The van der Waals surface area contributed by atoms with Crippen LogP contribution in [-0.2, 0) is 12.3 Å². The van der Waals surface area contributed by atoms with Crippen molar-refractivity contribution in [2.75, 3.05) is 0 Å². The number of benzene rings is 1. The molecule has 0 aliphatic rings. The topological polar surface area (TPSA) is 24.9 Å². The molecular formula is C18H24N2S. The molecule has 21 heavy (non-hydrogen) atoms. The number of aromatic nitrogens is 1. The zero-order valence-corrected chi connectivity index (χ0v) is 14.1. The third-order valence-corrected chi connectivity index (χ3v) is 4.08. The van der Waals surface area contributed by atoms with Crippen molar-refractivity contribution in [3.63, 3.8) is 0 Å². The Kier molecular flexibility index (Phi) is 5.43. The predicted molar refractivity (Wildman–Crippen MR) is 91.6 cm³/mol. The van der Waals surface area contributed by atoms with E-state index < -0.39 is 0 Å². The van der Waals surface area contributed by atoms with Gasteiger partial charge < -0.3 is 5.32 Å². The van der Waals surface area contributed by atoms with Crippen molar-refractivity contribution in [3.05, 3.63) is 59.4 Å². The first-order chi connectivity index (χ1) is 9.92. The molecule has 0 spiro atoms. The molecule has 0 unspecified atom stereocenters. The van der Waals surface area contributed by atoms with E-state index in [1.165, 1.54) is 10.5 Å². The third kappa shape index (κ3) is 5.90. The van der Waals surface area contributed by atoms with Crippen LogP contribution in [-0.4, -0.2) is 10.5 Å². The minimum Gasteiger partial charge on any atom is -0.308 e. The molecule has 0 bridgehead atoms. The summed E-state index contributed by atoms with van der Waals surface area (Å²) in [6.45, 7) is 9.51. The van der Waals surface area contributed by atoms with Crippen molar-refractivity contribution in [1.82, 2.24) is 10.3 Å². The van der Waals surface area contributed by atoms with E-state index in [9.17, 15) is 0 Å². The smallest absolute Gasteiger partial charge is 0.0509 e. The molecule has 0 saturated carbocycles. The van der Waals surface area contributed by atoms with Gasteiger partial charge in [0, 0.05) is 28.4 Å². The van der Waals surface area contributed by atoms with Crippen molar-refractivity contribution in [3.8, 4) is 0 Å². The molecule has 2 nitrogen and oxygen atoms in total. The quantitative estimate of drug-likeness (QED) is 0.819. The molecule has 1 heterocycles. The first-order valence-electron chi connectivity index (χ1n) is 7.32. The fourth-order valence-corrected chi connectivity index (χ4v) is 2.83. The Morgan fingerprint density at radius 3 is 2.57 bits per heavy atom. The molecular weight excluding hydrogens is 276 g/mol. The van der Waals surface area contributed by atoms with Crippen LogP contribution in [0.2, 0.25) is 0 Å². The number of hydrogen-bond donors (Lipinski definition) is 1. The number of nitrogens with one attached hydrogen (secondary N) is 1. The zero-order chi connectivity index (χ0) is 15.3. The summed E-state index contributed by atoms with van der Waals surface area (Å²) >= 11 is 1.84. The van der Waals surface area contributed by atoms with E-state index in [1.807, 2.05) is 24.8 Å². The molecule has 0 aliphatic heterocycles. The second-order valence-corrected chi connectivity index (χ2v) is 7.36. The maximum Gasteiger partial charge on any atom is 0.0509 e. The summed E-state index contributed by atoms with van der Waals surface area (Å²) in [5.41, 5.74) is 3.69. The number of rotatable bonds is 5. The van der Waals surface area contributed by atoms with Crippen LogP contribution in [0.5, 0.6) is 0 Å². The van der Waals surface area contributed by atoms with Gasteiger partial charge in [-0.2, -0.15) is 0 Å². The third-order valence-electron chi connectivity index (χ3n) is 3.05. The number of pyridine rings is 1. The summed E-state index contributed by atoms with van der Waals surface area (Å²) in [6, 6.07) is 14.9. The lowest BCUT2D eigenvalue weighted by Gasteiger charge is -2.20. The van der Waals surface area contributed by atoms with Crippen LogP contribution in [0.25, 0.3) is 0 Å². The van der Waals surface area contributed by atoms with Crippen LogP contribution in [0, 0.1) is 6.92 Å². The van der Waals surface area contributed by atoms with E-state index >= 15 is 0 Å². The second kappa shape index (κ2) is 7.10. The van der Waals surface area contributed by atoms with Crippen LogP contribution >= 0.6 is 11.8 Å². The minimum atomic E-state index is 0.147. The van der Waals surface area contributed by atoms with Crippen molar-refractivity contribution < 1.29 is 0 Å². The van der Waals surface area contributed by atoms with Crippen LogP contribution in [0.1, 0.15) is 37.7 Å². The maximum atomic E-state index is 4.55. The molecule has 0 atom stereocenters. The van der Waals surface area contributed by atoms with Gasteiger partial charge in [-0.05, 0) is 57.5 Å². The van der Waals surface area contributed by atoms with Gasteiger partial charge in [-0.3, -0.25) is 4.98 Å². The maximum absolute atomic E-state index is 4.55. The standard InChI is InChI=1S/C18H24N2S/c1-14-7-5-9-16(20-14)13-21-17-10-6-8-15(11-17)12-19-18(2,3)4/h5-11,19H,12-13H2,1-4H3. The number of hydrogen-bond acceptors (Lipinski definition) is 3. The van der Waals surface area contributed by atoms with Crippen molar-refractivity contribution in [1.29, 1.82) is 0 Å². The molecule has 0 amide bonds. The van der Waals surface area contributed by atoms with Gasteiger partial charge in [-0.25, -0.2) is 0 Å². The summed E-state index contributed by atoms with van der Waals surface area (Å²) in [6.07, 6.45) is 0. The summed E-state index contributed by atoms with van der Waals surface area (Å²) in [5, 5.41) is 3.53. The Bertz CT molecular complexity index is 588.